The molecular weight excluding hydrogens is 254 g/mol. The van der Waals surface area contributed by atoms with E-state index in [1.165, 1.54) is 34.2 Å². The van der Waals surface area contributed by atoms with E-state index in [9.17, 15) is 0 Å². The normalized spacial score (nSPS) is 12.4. The summed E-state index contributed by atoms with van der Waals surface area (Å²) in [6.45, 7) is 9.71. The highest BCUT2D eigenvalue weighted by Gasteiger charge is 2.13. The Morgan fingerprint density at radius 2 is 1.52 bits per heavy atom. The van der Waals surface area contributed by atoms with E-state index in [4.69, 9.17) is 0 Å². The van der Waals surface area contributed by atoms with E-state index in [-0.39, 0.29) is 6.04 Å². The van der Waals surface area contributed by atoms with Crippen LogP contribution in [0.1, 0.15) is 54.1 Å². The van der Waals surface area contributed by atoms with Gasteiger partial charge in [-0.2, -0.15) is 0 Å². The predicted molar refractivity (Wildman–Crippen MR) is 91.9 cm³/mol. The first-order chi connectivity index (χ1) is 10.2. The van der Waals surface area contributed by atoms with Crippen LogP contribution in [-0.2, 0) is 6.42 Å². The second-order valence-electron chi connectivity index (χ2n) is 5.83. The first kappa shape index (κ1) is 15.8. The molecule has 0 fully saturated rings. The molecule has 0 aliphatic rings. The fourth-order valence-electron chi connectivity index (χ4n) is 2.74. The molecule has 2 aromatic carbocycles. The lowest BCUT2D eigenvalue weighted by atomic mass is 9.94. The number of hydrogen-bond donors (Lipinski definition) is 1. The van der Waals surface area contributed by atoms with Gasteiger partial charge in [-0.3, -0.25) is 0 Å². The van der Waals surface area contributed by atoms with Gasteiger partial charge in [0, 0.05) is 0 Å². The molecule has 2 aromatic rings. The highest BCUT2D eigenvalue weighted by Crippen LogP contribution is 2.24. The monoisotopic (exact) mass is 281 g/mol. The van der Waals surface area contributed by atoms with Gasteiger partial charge in [0.2, 0.25) is 0 Å². The maximum atomic E-state index is 3.61. The zero-order valence-electron chi connectivity index (χ0n) is 13.7. The number of benzene rings is 2. The van der Waals surface area contributed by atoms with Gasteiger partial charge in [0.15, 0.2) is 0 Å². The summed E-state index contributed by atoms with van der Waals surface area (Å²) >= 11 is 0. The highest BCUT2D eigenvalue weighted by molar-refractivity contribution is 5.38. The number of rotatable bonds is 6. The molecule has 0 heterocycles. The van der Waals surface area contributed by atoms with Gasteiger partial charge in [-0.15, -0.1) is 0 Å². The Kier molecular flexibility index (Phi) is 5.58. The predicted octanol–water partition coefficient (Wildman–Crippen LogP) is 4.95. The highest BCUT2D eigenvalue weighted by atomic mass is 14.9. The topological polar surface area (TPSA) is 12.0 Å². The molecule has 0 aliphatic carbocycles. The standard InChI is InChI=1S/C20H27N/c1-5-7-17-9-12-18(13-10-17)20(21-6-2)19-11-8-15(3)16(4)14-19/h8-14,20-21H,5-7H2,1-4H3. The Morgan fingerprint density at radius 3 is 2.10 bits per heavy atom. The van der Waals surface area contributed by atoms with Crippen molar-refractivity contribution in [2.24, 2.45) is 0 Å². The molecule has 1 atom stereocenters. The molecule has 0 saturated carbocycles. The molecule has 2 rings (SSSR count). The second kappa shape index (κ2) is 7.42. The minimum absolute atomic E-state index is 0.282. The van der Waals surface area contributed by atoms with Crippen LogP contribution < -0.4 is 5.32 Å². The van der Waals surface area contributed by atoms with Crippen molar-refractivity contribution < 1.29 is 0 Å². The number of aryl methyl sites for hydroxylation is 3. The van der Waals surface area contributed by atoms with Gasteiger partial charge in [0.1, 0.15) is 0 Å². The Hall–Kier alpha value is -1.60. The van der Waals surface area contributed by atoms with Crippen LogP contribution in [-0.4, -0.2) is 6.54 Å². The molecule has 0 saturated heterocycles. The smallest absolute Gasteiger partial charge is 0.0576 e. The summed E-state index contributed by atoms with van der Waals surface area (Å²) in [6.07, 6.45) is 2.36. The Bertz CT molecular complexity index is 569. The lowest BCUT2D eigenvalue weighted by molar-refractivity contribution is 0.630. The van der Waals surface area contributed by atoms with Gasteiger partial charge in [0.25, 0.3) is 0 Å². The van der Waals surface area contributed by atoms with Gasteiger partial charge < -0.3 is 5.32 Å². The van der Waals surface area contributed by atoms with E-state index >= 15 is 0 Å². The summed E-state index contributed by atoms with van der Waals surface area (Å²) in [4.78, 5) is 0. The number of nitrogens with one attached hydrogen (secondary N) is 1. The molecule has 112 valence electrons. The summed E-state index contributed by atoms with van der Waals surface area (Å²) in [5, 5.41) is 3.61. The summed E-state index contributed by atoms with van der Waals surface area (Å²) in [7, 11) is 0. The van der Waals surface area contributed by atoms with E-state index in [0.717, 1.165) is 13.0 Å². The fourth-order valence-corrected chi connectivity index (χ4v) is 2.74. The van der Waals surface area contributed by atoms with Gasteiger partial charge >= 0.3 is 0 Å². The summed E-state index contributed by atoms with van der Waals surface area (Å²) < 4.78 is 0. The molecule has 21 heavy (non-hydrogen) atoms. The van der Waals surface area contributed by atoms with E-state index in [2.05, 4.69) is 75.5 Å². The van der Waals surface area contributed by atoms with Crippen LogP contribution in [0.3, 0.4) is 0 Å². The minimum atomic E-state index is 0.282. The third-order valence-electron chi connectivity index (χ3n) is 4.12. The van der Waals surface area contributed by atoms with E-state index in [1.807, 2.05) is 0 Å². The molecule has 0 aliphatic heterocycles. The maximum absolute atomic E-state index is 3.61. The summed E-state index contributed by atoms with van der Waals surface area (Å²) in [5.41, 5.74) is 6.84. The SMILES string of the molecule is CCCc1ccc(C(NCC)c2ccc(C)c(C)c2)cc1. The molecule has 0 radical (unpaired) electrons. The first-order valence-electron chi connectivity index (χ1n) is 8.05. The average molecular weight is 281 g/mol. The van der Waals surface area contributed by atoms with Crippen molar-refractivity contribution in [2.75, 3.05) is 6.54 Å². The largest absolute Gasteiger partial charge is 0.307 e. The van der Waals surface area contributed by atoms with E-state index < -0.39 is 0 Å². The summed E-state index contributed by atoms with van der Waals surface area (Å²) in [6, 6.07) is 16.1. The van der Waals surface area contributed by atoms with Crippen LogP contribution in [0.4, 0.5) is 0 Å². The molecule has 1 N–H and O–H groups in total. The summed E-state index contributed by atoms with van der Waals surface area (Å²) in [5.74, 6) is 0. The van der Waals surface area contributed by atoms with Crippen molar-refractivity contribution in [3.8, 4) is 0 Å². The van der Waals surface area contributed by atoms with Crippen molar-refractivity contribution in [1.82, 2.24) is 5.32 Å². The molecule has 0 aromatic heterocycles. The zero-order chi connectivity index (χ0) is 15.2. The third-order valence-corrected chi connectivity index (χ3v) is 4.12. The lowest BCUT2D eigenvalue weighted by Gasteiger charge is -2.20. The van der Waals surface area contributed by atoms with E-state index in [1.54, 1.807) is 0 Å². The molecule has 1 nitrogen and oxygen atoms in total. The van der Waals surface area contributed by atoms with Gasteiger partial charge in [-0.25, -0.2) is 0 Å². The molecule has 0 bridgehead atoms. The Labute approximate surface area is 129 Å². The van der Waals surface area contributed by atoms with Crippen LogP contribution in [0.15, 0.2) is 42.5 Å². The van der Waals surface area contributed by atoms with Crippen molar-refractivity contribution in [3.63, 3.8) is 0 Å². The van der Waals surface area contributed by atoms with Crippen LogP contribution in [0, 0.1) is 13.8 Å². The van der Waals surface area contributed by atoms with E-state index in [0.29, 0.717) is 0 Å². The molecule has 1 unspecified atom stereocenters. The first-order valence-corrected chi connectivity index (χ1v) is 8.05. The van der Waals surface area contributed by atoms with Gasteiger partial charge in [-0.1, -0.05) is 62.7 Å². The van der Waals surface area contributed by atoms with Crippen molar-refractivity contribution in [3.05, 3.63) is 70.3 Å². The minimum Gasteiger partial charge on any atom is -0.307 e. The fraction of sp³-hybridized carbons (Fsp3) is 0.400. The third kappa shape index (κ3) is 3.95. The molecule has 1 heteroatoms. The molecular formula is C20H27N. The average Bonchev–Trinajstić information content (AvgIpc) is 2.49. The number of hydrogen-bond acceptors (Lipinski definition) is 1. The Morgan fingerprint density at radius 1 is 0.857 bits per heavy atom. The maximum Gasteiger partial charge on any atom is 0.0576 e. The van der Waals surface area contributed by atoms with Crippen LogP contribution in [0.2, 0.25) is 0 Å². The molecule has 0 amide bonds. The van der Waals surface area contributed by atoms with Gasteiger partial charge in [-0.05, 0) is 54.6 Å². The van der Waals surface area contributed by atoms with Crippen LogP contribution in [0.25, 0.3) is 0 Å². The van der Waals surface area contributed by atoms with Crippen molar-refractivity contribution >= 4 is 0 Å². The van der Waals surface area contributed by atoms with Crippen LogP contribution in [0.5, 0.6) is 0 Å². The zero-order valence-corrected chi connectivity index (χ0v) is 13.7. The van der Waals surface area contributed by atoms with Crippen LogP contribution >= 0.6 is 0 Å². The Balaban J connectivity index is 2.31. The quantitative estimate of drug-likeness (QED) is 0.789. The molecule has 0 spiro atoms. The van der Waals surface area contributed by atoms with Crippen molar-refractivity contribution in [2.45, 2.75) is 46.6 Å². The second-order valence-corrected chi connectivity index (χ2v) is 5.83. The lowest BCUT2D eigenvalue weighted by Crippen LogP contribution is -2.22. The van der Waals surface area contributed by atoms with Gasteiger partial charge in [0.05, 0.1) is 6.04 Å². The van der Waals surface area contributed by atoms with Crippen molar-refractivity contribution in [1.29, 1.82) is 0 Å².